The zero-order chi connectivity index (χ0) is 7.61. The summed E-state index contributed by atoms with van der Waals surface area (Å²) in [5.74, 6) is 0. The summed E-state index contributed by atoms with van der Waals surface area (Å²) in [5.41, 5.74) is 0. The lowest BCUT2D eigenvalue weighted by atomic mass is 10.6. The van der Waals surface area contributed by atoms with E-state index >= 15 is 0 Å². The smallest absolute Gasteiger partial charge is 0.327 e. The Balaban J connectivity index is 2.87. The first-order valence-corrected chi connectivity index (χ1v) is 2.82. The average molecular weight is 135 g/mol. The first-order valence-electron chi connectivity index (χ1n) is 2.82. The summed E-state index contributed by atoms with van der Waals surface area (Å²) in [7, 11) is 1.82. The molecule has 0 aromatic heterocycles. The van der Waals surface area contributed by atoms with Crippen molar-refractivity contribution in [1.82, 2.24) is 4.90 Å². The molecule has 0 amide bonds. The largest absolute Gasteiger partial charge is 0.331 e. The maximum absolute atomic E-state index is 8.56. The lowest BCUT2D eigenvalue weighted by Crippen LogP contribution is -2.34. The molecule has 0 aromatic carbocycles. The number of nitriles is 2. The molecule has 4 nitrogen and oxygen atoms in total. The highest BCUT2D eigenvalue weighted by atomic mass is 15.5. The van der Waals surface area contributed by atoms with Gasteiger partial charge in [0.25, 0.3) is 0 Å². The number of quaternary nitrogens is 1. The monoisotopic (exact) mass is 135 g/mol. The van der Waals surface area contributed by atoms with Gasteiger partial charge in [-0.25, -0.2) is 0 Å². The van der Waals surface area contributed by atoms with Crippen molar-refractivity contribution in [2.45, 2.75) is 0 Å². The molecule has 0 aliphatic carbocycles. The molecule has 50 valence electrons. The Morgan fingerprint density at radius 3 is 2.30 bits per heavy atom. The number of hydrogen-bond acceptors (Lipinski definition) is 3. The lowest BCUT2D eigenvalue weighted by Gasteiger charge is -2.10. The maximum atomic E-state index is 8.56. The molecule has 0 saturated heterocycles. The van der Waals surface area contributed by atoms with Crippen LogP contribution in [-0.4, -0.2) is 23.1 Å². The van der Waals surface area contributed by atoms with Gasteiger partial charge in [0.05, 0.1) is 6.20 Å². The zero-order valence-electron chi connectivity index (χ0n) is 5.65. The molecule has 0 spiro atoms. The van der Waals surface area contributed by atoms with E-state index < -0.39 is 0 Å². The van der Waals surface area contributed by atoms with Crippen molar-refractivity contribution in [3.8, 4) is 12.4 Å². The quantitative estimate of drug-likeness (QED) is 0.350. The van der Waals surface area contributed by atoms with Crippen molar-refractivity contribution in [3.05, 3.63) is 12.4 Å². The molecular formula is C6H7N4+. The first-order chi connectivity index (χ1) is 4.72. The van der Waals surface area contributed by atoms with Crippen molar-refractivity contribution < 1.29 is 4.48 Å². The van der Waals surface area contributed by atoms with Crippen LogP contribution < -0.4 is 0 Å². The third kappa shape index (κ3) is 0.812. The second kappa shape index (κ2) is 2.02. The average Bonchev–Trinajstić information content (AvgIpc) is 2.33. The molecule has 0 atom stereocenters. The van der Waals surface area contributed by atoms with Crippen LogP contribution in [0.25, 0.3) is 0 Å². The predicted molar refractivity (Wildman–Crippen MR) is 33.3 cm³/mol. The van der Waals surface area contributed by atoms with Gasteiger partial charge in [-0.2, -0.15) is 0 Å². The van der Waals surface area contributed by atoms with Gasteiger partial charge in [0.2, 0.25) is 0 Å². The Morgan fingerprint density at radius 2 is 2.10 bits per heavy atom. The standard InChI is InChI=1S/C6H7N4/c1-9-2-3-10(4-7,5-8)6-9/h2-3H,6H2,1H3/q+1. The normalized spacial score (nSPS) is 20.1. The van der Waals surface area contributed by atoms with Crippen LogP contribution in [0.1, 0.15) is 0 Å². The molecule has 0 bridgehead atoms. The van der Waals surface area contributed by atoms with Crippen molar-refractivity contribution >= 4 is 0 Å². The van der Waals surface area contributed by atoms with Gasteiger partial charge in [-0.1, -0.05) is 4.48 Å². The fraction of sp³-hybridized carbons (Fsp3) is 0.333. The van der Waals surface area contributed by atoms with Crippen LogP contribution in [-0.2, 0) is 0 Å². The third-order valence-electron chi connectivity index (χ3n) is 1.38. The predicted octanol–water partition coefficient (Wildman–Crippen LogP) is 0.139. The summed E-state index contributed by atoms with van der Waals surface area (Å²) in [4.78, 5) is 1.80. The van der Waals surface area contributed by atoms with Gasteiger partial charge >= 0.3 is 12.4 Å². The van der Waals surface area contributed by atoms with Crippen LogP contribution >= 0.6 is 0 Å². The minimum absolute atomic E-state index is 0.267. The van der Waals surface area contributed by atoms with Crippen molar-refractivity contribution in [3.63, 3.8) is 0 Å². The molecule has 1 rings (SSSR count). The van der Waals surface area contributed by atoms with E-state index in [1.54, 1.807) is 17.3 Å². The Labute approximate surface area is 59.4 Å². The number of hydrogen-bond donors (Lipinski definition) is 0. The van der Waals surface area contributed by atoms with Crippen LogP contribution in [0.5, 0.6) is 0 Å². The lowest BCUT2D eigenvalue weighted by molar-refractivity contribution is -0.745. The second-order valence-corrected chi connectivity index (χ2v) is 2.27. The van der Waals surface area contributed by atoms with E-state index in [2.05, 4.69) is 0 Å². The molecule has 0 fully saturated rings. The van der Waals surface area contributed by atoms with E-state index in [4.69, 9.17) is 10.5 Å². The van der Waals surface area contributed by atoms with E-state index in [-0.39, 0.29) is 4.48 Å². The minimum atomic E-state index is -0.267. The summed E-state index contributed by atoms with van der Waals surface area (Å²) in [5, 5.41) is 17.1. The molecular weight excluding hydrogens is 128 g/mol. The fourth-order valence-corrected chi connectivity index (χ4v) is 0.826. The molecule has 0 aromatic rings. The van der Waals surface area contributed by atoms with E-state index in [0.29, 0.717) is 6.67 Å². The highest BCUT2D eigenvalue weighted by Crippen LogP contribution is 2.12. The highest BCUT2D eigenvalue weighted by Gasteiger charge is 2.32. The van der Waals surface area contributed by atoms with Crippen LogP contribution in [0.15, 0.2) is 12.4 Å². The summed E-state index contributed by atoms with van der Waals surface area (Å²) in [6, 6.07) is 0. The van der Waals surface area contributed by atoms with Crippen molar-refractivity contribution in [1.29, 1.82) is 10.5 Å². The summed E-state index contributed by atoms with van der Waals surface area (Å²) in [6.45, 7) is 0.424. The fourth-order valence-electron chi connectivity index (χ4n) is 0.826. The van der Waals surface area contributed by atoms with E-state index in [1.807, 2.05) is 19.4 Å². The molecule has 1 aliphatic rings. The van der Waals surface area contributed by atoms with Crippen molar-refractivity contribution in [2.24, 2.45) is 0 Å². The van der Waals surface area contributed by atoms with E-state index in [9.17, 15) is 0 Å². The second-order valence-electron chi connectivity index (χ2n) is 2.27. The number of rotatable bonds is 0. The highest BCUT2D eigenvalue weighted by molar-refractivity contribution is 4.88. The summed E-state index contributed by atoms with van der Waals surface area (Å²) in [6.07, 6.45) is 7.11. The van der Waals surface area contributed by atoms with Gasteiger partial charge in [-0.15, -0.1) is 10.5 Å². The van der Waals surface area contributed by atoms with Crippen LogP contribution in [0.3, 0.4) is 0 Å². The van der Waals surface area contributed by atoms with Gasteiger partial charge in [-0.3, -0.25) is 0 Å². The molecule has 0 saturated carbocycles. The van der Waals surface area contributed by atoms with Gasteiger partial charge in [0.1, 0.15) is 6.20 Å². The van der Waals surface area contributed by atoms with Gasteiger partial charge in [0, 0.05) is 7.05 Å². The van der Waals surface area contributed by atoms with Crippen LogP contribution in [0.4, 0.5) is 0 Å². The molecule has 0 radical (unpaired) electrons. The van der Waals surface area contributed by atoms with Gasteiger partial charge in [-0.05, 0) is 0 Å². The molecule has 0 unspecified atom stereocenters. The van der Waals surface area contributed by atoms with Gasteiger partial charge < -0.3 is 4.90 Å². The third-order valence-corrected chi connectivity index (χ3v) is 1.38. The molecule has 1 heterocycles. The summed E-state index contributed by atoms with van der Waals surface area (Å²) < 4.78 is -0.267. The Morgan fingerprint density at radius 1 is 1.50 bits per heavy atom. The minimum Gasteiger partial charge on any atom is -0.327 e. The SMILES string of the molecule is CN1C=C[N+](C#N)(C#N)C1. The van der Waals surface area contributed by atoms with Gasteiger partial charge in [0.15, 0.2) is 6.67 Å². The Bertz CT molecular complexity index is 227. The van der Waals surface area contributed by atoms with E-state index in [1.165, 1.54) is 0 Å². The maximum Gasteiger partial charge on any atom is 0.331 e. The van der Waals surface area contributed by atoms with Crippen LogP contribution in [0, 0.1) is 22.9 Å². The topological polar surface area (TPSA) is 50.8 Å². The van der Waals surface area contributed by atoms with Crippen molar-refractivity contribution in [2.75, 3.05) is 13.7 Å². The zero-order valence-corrected chi connectivity index (χ0v) is 5.65. The van der Waals surface area contributed by atoms with E-state index in [0.717, 1.165) is 0 Å². The van der Waals surface area contributed by atoms with Crippen LogP contribution in [0.2, 0.25) is 0 Å². The molecule has 10 heavy (non-hydrogen) atoms. The molecule has 1 aliphatic heterocycles. The molecule has 4 heteroatoms. The Kier molecular flexibility index (Phi) is 1.33. The Hall–Kier alpha value is -1.52. The summed E-state index contributed by atoms with van der Waals surface area (Å²) >= 11 is 0. The first kappa shape index (κ1) is 6.60. The molecule has 0 N–H and O–H groups in total. The number of nitrogens with zero attached hydrogens (tertiary/aromatic N) is 4.